The number of nitrogens with zero attached hydrogens (tertiary/aromatic N) is 1. The molecule has 4 nitrogen and oxygen atoms in total. The van der Waals surface area contributed by atoms with Gasteiger partial charge in [-0.3, -0.25) is 4.79 Å². The van der Waals surface area contributed by atoms with Crippen molar-refractivity contribution >= 4 is 11.6 Å². The molecule has 1 fully saturated rings. The second kappa shape index (κ2) is 9.03. The van der Waals surface area contributed by atoms with Crippen molar-refractivity contribution in [3.05, 3.63) is 53.7 Å². The Morgan fingerprint density at radius 3 is 2.59 bits per heavy atom. The van der Waals surface area contributed by atoms with Crippen molar-refractivity contribution in [3.63, 3.8) is 0 Å². The fourth-order valence-electron chi connectivity index (χ4n) is 3.90. The molecule has 1 heterocycles. The molecule has 0 saturated heterocycles. The number of unbranched alkanes of at least 4 members (excludes halogenated alkanes) is 1. The number of hydrogen-bond donors (Lipinski definition) is 1. The second-order valence-electron chi connectivity index (χ2n) is 7.51. The quantitative estimate of drug-likeness (QED) is 0.667. The van der Waals surface area contributed by atoms with Crippen LogP contribution in [0.25, 0.3) is 0 Å². The van der Waals surface area contributed by atoms with Crippen LogP contribution in [0.1, 0.15) is 63.0 Å². The van der Waals surface area contributed by atoms with Crippen molar-refractivity contribution in [1.82, 2.24) is 4.98 Å². The first-order chi connectivity index (χ1) is 13.2. The van der Waals surface area contributed by atoms with Gasteiger partial charge in [-0.2, -0.15) is 0 Å². The van der Waals surface area contributed by atoms with Gasteiger partial charge in [-0.05, 0) is 37.8 Å². The number of anilines is 1. The van der Waals surface area contributed by atoms with Gasteiger partial charge in [0.1, 0.15) is 0 Å². The molecule has 1 amide bonds. The Hall–Kier alpha value is -2.36. The normalized spacial score (nSPS) is 15.9. The van der Waals surface area contributed by atoms with Gasteiger partial charge < -0.3 is 10.1 Å². The van der Waals surface area contributed by atoms with Crippen molar-refractivity contribution in [2.75, 3.05) is 11.9 Å². The number of pyridine rings is 1. The van der Waals surface area contributed by atoms with Crippen LogP contribution in [-0.4, -0.2) is 17.5 Å². The number of carbonyl (C=O) groups is 1. The summed E-state index contributed by atoms with van der Waals surface area (Å²) in [5.41, 5.74) is 2.36. The Morgan fingerprint density at radius 1 is 1.19 bits per heavy atom. The predicted octanol–water partition coefficient (Wildman–Crippen LogP) is 5.41. The molecule has 0 radical (unpaired) electrons. The molecule has 1 N–H and O–H groups in total. The number of rotatable bonds is 7. The van der Waals surface area contributed by atoms with Gasteiger partial charge in [-0.1, -0.05) is 62.9 Å². The number of benzene rings is 1. The molecule has 3 rings (SSSR count). The zero-order valence-electron chi connectivity index (χ0n) is 16.5. The van der Waals surface area contributed by atoms with Crippen LogP contribution in [0.5, 0.6) is 5.88 Å². The van der Waals surface area contributed by atoms with E-state index in [1.807, 2.05) is 31.2 Å². The van der Waals surface area contributed by atoms with E-state index in [4.69, 9.17) is 4.74 Å². The van der Waals surface area contributed by atoms with Gasteiger partial charge in [0.05, 0.1) is 23.9 Å². The summed E-state index contributed by atoms with van der Waals surface area (Å²) in [6.07, 6.45) is 8.97. The molecule has 4 heteroatoms. The average molecular weight is 367 g/mol. The topological polar surface area (TPSA) is 51.2 Å². The van der Waals surface area contributed by atoms with Gasteiger partial charge in [0.25, 0.3) is 0 Å². The van der Waals surface area contributed by atoms with E-state index in [1.54, 1.807) is 6.20 Å². The van der Waals surface area contributed by atoms with Crippen LogP contribution < -0.4 is 10.1 Å². The second-order valence-corrected chi connectivity index (χ2v) is 7.51. The lowest BCUT2D eigenvalue weighted by molar-refractivity contribution is -0.122. The summed E-state index contributed by atoms with van der Waals surface area (Å²) >= 11 is 0. The van der Waals surface area contributed by atoms with Crippen molar-refractivity contribution in [2.45, 2.75) is 64.2 Å². The van der Waals surface area contributed by atoms with E-state index in [0.29, 0.717) is 12.5 Å². The predicted molar refractivity (Wildman–Crippen MR) is 109 cm³/mol. The van der Waals surface area contributed by atoms with Crippen LogP contribution in [0.2, 0.25) is 0 Å². The van der Waals surface area contributed by atoms with Crippen LogP contribution in [0.4, 0.5) is 5.69 Å². The number of hydrogen-bond acceptors (Lipinski definition) is 3. The summed E-state index contributed by atoms with van der Waals surface area (Å²) in [5.74, 6) is 0.728. The fraction of sp³-hybridized carbons (Fsp3) is 0.478. The Bertz CT molecular complexity index is 752. The van der Waals surface area contributed by atoms with Crippen molar-refractivity contribution in [3.8, 4) is 5.88 Å². The lowest BCUT2D eigenvalue weighted by atomic mass is 9.68. The Labute approximate surface area is 162 Å². The molecule has 2 aromatic rings. The van der Waals surface area contributed by atoms with Crippen LogP contribution in [-0.2, 0) is 10.2 Å². The van der Waals surface area contributed by atoms with Crippen LogP contribution in [0.3, 0.4) is 0 Å². The smallest absolute Gasteiger partial charge is 0.235 e. The maximum absolute atomic E-state index is 13.3. The highest BCUT2D eigenvalue weighted by molar-refractivity contribution is 5.99. The summed E-state index contributed by atoms with van der Waals surface area (Å²) < 4.78 is 5.72. The summed E-state index contributed by atoms with van der Waals surface area (Å²) in [7, 11) is 0. The van der Waals surface area contributed by atoms with E-state index in [0.717, 1.165) is 55.3 Å². The van der Waals surface area contributed by atoms with Crippen molar-refractivity contribution in [2.24, 2.45) is 0 Å². The minimum Gasteiger partial charge on any atom is -0.477 e. The van der Waals surface area contributed by atoms with E-state index in [2.05, 4.69) is 29.4 Å². The molecule has 144 valence electrons. The summed E-state index contributed by atoms with van der Waals surface area (Å²) in [6.45, 7) is 4.78. The van der Waals surface area contributed by atoms with Gasteiger partial charge >= 0.3 is 0 Å². The molecule has 0 bridgehead atoms. The highest BCUT2D eigenvalue weighted by atomic mass is 16.5. The van der Waals surface area contributed by atoms with Crippen molar-refractivity contribution < 1.29 is 9.53 Å². The molecule has 1 aliphatic carbocycles. The van der Waals surface area contributed by atoms with Gasteiger partial charge in [0.15, 0.2) is 0 Å². The van der Waals surface area contributed by atoms with E-state index >= 15 is 0 Å². The van der Waals surface area contributed by atoms with Gasteiger partial charge in [-0.25, -0.2) is 4.98 Å². The minimum absolute atomic E-state index is 0.0780. The zero-order valence-corrected chi connectivity index (χ0v) is 16.5. The number of carbonyl (C=O) groups excluding carboxylic acids is 1. The standard InChI is InChI=1S/C23H30N2O2/c1-3-4-15-27-21-18(2)16-20(17-24-21)25-22(26)23(13-9-6-10-14-23)19-11-7-5-8-12-19/h5,7-8,11-12,16-17H,3-4,6,9-10,13-15H2,1-2H3,(H,25,26). The molecule has 1 aromatic carbocycles. The zero-order chi connectivity index (χ0) is 19.1. The van der Waals surface area contributed by atoms with Crippen LogP contribution in [0.15, 0.2) is 42.6 Å². The highest BCUT2D eigenvalue weighted by Crippen LogP contribution is 2.40. The van der Waals surface area contributed by atoms with Crippen LogP contribution >= 0.6 is 0 Å². The number of ether oxygens (including phenoxy) is 1. The molecular weight excluding hydrogens is 336 g/mol. The third kappa shape index (κ3) is 4.49. The van der Waals surface area contributed by atoms with Gasteiger partial charge in [-0.15, -0.1) is 0 Å². The first-order valence-electron chi connectivity index (χ1n) is 10.1. The third-order valence-corrected chi connectivity index (χ3v) is 5.49. The van der Waals surface area contributed by atoms with E-state index in [9.17, 15) is 4.79 Å². The van der Waals surface area contributed by atoms with Crippen molar-refractivity contribution in [1.29, 1.82) is 0 Å². The summed E-state index contributed by atoms with van der Waals surface area (Å²) in [6, 6.07) is 12.2. The molecule has 0 atom stereocenters. The molecule has 1 saturated carbocycles. The molecular formula is C23H30N2O2. The fourth-order valence-corrected chi connectivity index (χ4v) is 3.90. The first kappa shape index (κ1) is 19.4. The number of aryl methyl sites for hydroxylation is 1. The van der Waals surface area contributed by atoms with Gasteiger partial charge in [0, 0.05) is 5.56 Å². The molecule has 1 aliphatic rings. The maximum atomic E-state index is 13.3. The lowest BCUT2D eigenvalue weighted by Gasteiger charge is -2.36. The van der Waals surface area contributed by atoms with E-state index in [1.165, 1.54) is 6.42 Å². The summed E-state index contributed by atoms with van der Waals surface area (Å²) in [4.78, 5) is 17.7. The SMILES string of the molecule is CCCCOc1ncc(NC(=O)C2(c3ccccc3)CCCCC2)cc1C. The maximum Gasteiger partial charge on any atom is 0.235 e. The van der Waals surface area contributed by atoms with Gasteiger partial charge in [0.2, 0.25) is 11.8 Å². The average Bonchev–Trinajstić information content (AvgIpc) is 2.71. The number of amides is 1. The lowest BCUT2D eigenvalue weighted by Crippen LogP contribution is -2.42. The Kier molecular flexibility index (Phi) is 6.49. The third-order valence-electron chi connectivity index (χ3n) is 5.49. The molecule has 27 heavy (non-hydrogen) atoms. The van der Waals surface area contributed by atoms with Crippen LogP contribution in [0, 0.1) is 6.92 Å². The first-order valence-corrected chi connectivity index (χ1v) is 10.1. The largest absolute Gasteiger partial charge is 0.477 e. The monoisotopic (exact) mass is 366 g/mol. The number of nitrogens with one attached hydrogen (secondary N) is 1. The Morgan fingerprint density at radius 2 is 1.93 bits per heavy atom. The molecule has 0 spiro atoms. The van der Waals surface area contributed by atoms with E-state index in [-0.39, 0.29) is 5.91 Å². The molecule has 0 unspecified atom stereocenters. The minimum atomic E-state index is -0.441. The Balaban J connectivity index is 1.77. The summed E-state index contributed by atoms with van der Waals surface area (Å²) in [5, 5.41) is 3.13. The van der Waals surface area contributed by atoms with E-state index < -0.39 is 5.41 Å². The molecule has 0 aliphatic heterocycles. The number of aromatic nitrogens is 1. The molecule has 1 aromatic heterocycles. The highest BCUT2D eigenvalue weighted by Gasteiger charge is 2.41.